The molecule has 0 radical (unpaired) electrons. The average molecular weight is 1920 g/mol. The number of aromatic amines is 1. The number of para-hydroxylation sites is 3. The lowest BCUT2D eigenvalue weighted by atomic mass is 10.1. The second-order valence-corrected chi connectivity index (χ2v) is 31.5. The number of amides is 7. The van der Waals surface area contributed by atoms with E-state index in [4.69, 9.17) is 114 Å². The first kappa shape index (κ1) is 92.3. The molecule has 15 N–H and O–H groups in total. The molecule has 7 amide bonds. The summed E-state index contributed by atoms with van der Waals surface area (Å²) in [6.07, 6.45) is 5.97. The molecule has 55 heteroatoms. The number of aromatic hydroxyl groups is 1. The van der Waals surface area contributed by atoms with E-state index < -0.39 is 59.2 Å². The number of carboxylic acid groups (broad SMARTS) is 1. The van der Waals surface area contributed by atoms with E-state index in [-0.39, 0.29) is 96.1 Å². The van der Waals surface area contributed by atoms with Crippen molar-refractivity contribution in [3.63, 3.8) is 0 Å². The van der Waals surface area contributed by atoms with Crippen LogP contribution in [-0.4, -0.2) is 232 Å². The topological polar surface area (TPSA) is 602 Å². The Hall–Kier alpha value is -11.9. The van der Waals surface area contributed by atoms with Gasteiger partial charge in [0.2, 0.25) is 5.69 Å². The van der Waals surface area contributed by atoms with Crippen LogP contribution in [-0.2, 0) is 25.6 Å². The number of nitrogen functional groups attached to an aromatic ring is 1. The Morgan fingerprint density at radius 3 is 1.31 bits per heavy atom. The fourth-order valence-electron chi connectivity index (χ4n) is 9.03. The van der Waals surface area contributed by atoms with Gasteiger partial charge >= 0.3 is 23.2 Å². The van der Waals surface area contributed by atoms with Crippen molar-refractivity contribution in [2.75, 3.05) is 97.4 Å². The molecule has 652 valence electrons. The number of halogens is 10. The van der Waals surface area contributed by atoms with E-state index >= 15 is 0 Å². The van der Waals surface area contributed by atoms with Crippen LogP contribution in [0, 0.1) is 0 Å². The molecule has 0 atom stereocenters. The Balaban J connectivity index is 0.000000325. The number of nitrogens with zero attached hydrogens (tertiary/aromatic N) is 20. The van der Waals surface area contributed by atoms with Crippen molar-refractivity contribution in [1.29, 1.82) is 0 Å². The molecule has 11 aromatic rings. The van der Waals surface area contributed by atoms with Gasteiger partial charge in [0.15, 0.2) is 84.5 Å². The maximum atomic E-state index is 12.4. The molecule has 0 spiro atoms. The molecule has 0 aliphatic carbocycles. The Kier molecular flexibility index (Phi) is 38.1. The molecule has 2 fully saturated rings. The number of hydrogen-bond donors (Lipinski definition) is 12. The molecule has 3 aromatic carbocycles. The van der Waals surface area contributed by atoms with E-state index in [9.17, 15) is 42.9 Å². The van der Waals surface area contributed by atoms with Crippen molar-refractivity contribution in [1.82, 2.24) is 121 Å². The van der Waals surface area contributed by atoms with Gasteiger partial charge < -0.3 is 78.0 Å². The Labute approximate surface area is 751 Å². The van der Waals surface area contributed by atoms with Gasteiger partial charge in [-0.2, -0.15) is 20.4 Å². The van der Waals surface area contributed by atoms with Crippen molar-refractivity contribution in [2.45, 2.75) is 12.8 Å². The molecule has 0 unspecified atom stereocenters. The van der Waals surface area contributed by atoms with Gasteiger partial charge in [-0.05, 0) is 114 Å². The third-order valence-electron chi connectivity index (χ3n) is 14.6. The Bertz CT molecular complexity index is 5780. The Morgan fingerprint density at radius 2 is 0.943 bits per heavy atom. The quantitative estimate of drug-likeness (QED) is 0.0243. The summed E-state index contributed by atoms with van der Waals surface area (Å²) in [6, 6.07) is 21.5. The number of carbonyl (C=O) groups excluding carboxylic acids is 6. The summed E-state index contributed by atoms with van der Waals surface area (Å²) in [5, 5.41) is 76.6. The highest BCUT2D eigenvalue weighted by atomic mass is 36.0. The maximum absolute atomic E-state index is 12.4. The number of aromatic carboxylic acids is 1. The van der Waals surface area contributed by atoms with Crippen molar-refractivity contribution in [2.24, 2.45) is 32.5 Å². The third kappa shape index (κ3) is 31.6. The van der Waals surface area contributed by atoms with Gasteiger partial charge in [-0.1, -0.05) is 76.2 Å². The minimum Gasteiger partial charge on any atom is -0.505 e. The molecule has 13 rings (SSSR count). The number of aryl methyl sites for hydroxylation is 3. The molecule has 2 saturated heterocycles. The zero-order chi connectivity index (χ0) is 95.0. The molecule has 122 heavy (non-hydrogen) atoms. The number of hydrogen-bond acceptors (Lipinski definition) is 32. The summed E-state index contributed by atoms with van der Waals surface area (Å²) in [7, 11) is 12.2. The monoisotopic (exact) mass is 1910 g/mol. The number of H-pyrrole nitrogens is 1. The van der Waals surface area contributed by atoms with Crippen LogP contribution < -0.4 is 68.9 Å². The van der Waals surface area contributed by atoms with Gasteiger partial charge in [0.25, 0.3) is 28.5 Å². The predicted octanol–water partition coefficient (Wildman–Crippen LogP) is 9.79. The van der Waals surface area contributed by atoms with E-state index in [0.717, 1.165) is 54.0 Å². The number of ether oxygens (including phenoxy) is 3. The number of likely N-dealkylation sites (tertiary alicyclic amines) is 2. The third-order valence-corrected chi connectivity index (χ3v) is 15.9. The SMILES string of the molecule is CN.CNC(=O)c1nnc(Cl)cc1Cl.CNC(=O)c1nnc(NC(=O)N2CCC2)cc1Nc1cccc(-c2ncn(C)n2)c1OC.Cl.NC(=O)N1CCC1.O=C(Cl)c1nnc(Cl)cc1Cl.O=C(O)c1n[nH]c(=O)cc1O.O=P(Cl)(Cl)Cl.[2H]C([2H])([2H])n1cnc(-c2cccc(N)c2OC)n1.[2H]C([2H])([2H])n1cnc(-c2cccc(Nc3cc(Cl)nnc3C(=O)NC)c2OC)n1. The lowest BCUT2D eigenvalue weighted by molar-refractivity contribution is 0.0684. The van der Waals surface area contributed by atoms with E-state index in [1.807, 2.05) is 17.2 Å². The summed E-state index contributed by atoms with van der Waals surface area (Å²) < 4.78 is 73.0. The van der Waals surface area contributed by atoms with Crippen molar-refractivity contribution in [3.8, 4) is 57.2 Å². The molecule has 8 aromatic heterocycles. The van der Waals surface area contributed by atoms with Gasteiger partial charge in [-0.25, -0.2) is 34.4 Å². The molecule has 0 bridgehead atoms. The van der Waals surface area contributed by atoms with Gasteiger partial charge in [-0.15, -0.1) is 53.2 Å². The minimum atomic E-state index is -3.22. The smallest absolute Gasteiger partial charge is 0.360 e. The van der Waals surface area contributed by atoms with Crippen LogP contribution in [0.15, 0.2) is 109 Å². The second kappa shape index (κ2) is 50.3. The summed E-state index contributed by atoms with van der Waals surface area (Å²) in [5.74, 6) is -0.893. The van der Waals surface area contributed by atoms with E-state index in [0.29, 0.717) is 81.3 Å². The number of aromatic nitrogens is 19. The summed E-state index contributed by atoms with van der Waals surface area (Å²) in [5.41, 5.74) is 17.8. The number of anilines is 6. The van der Waals surface area contributed by atoms with Crippen LogP contribution in [0.25, 0.3) is 34.2 Å². The number of primary amides is 1. The van der Waals surface area contributed by atoms with Crippen LogP contribution >= 0.6 is 121 Å². The molecule has 2 aliphatic heterocycles. The molecule has 44 nitrogen and oxygen atoms in total. The first-order valence-corrected chi connectivity index (χ1v) is 40.1. The van der Waals surface area contributed by atoms with Crippen LogP contribution in [0.5, 0.6) is 23.0 Å². The molecular weight excluding hydrogens is 1830 g/mol. The molecule has 0 saturated carbocycles. The number of carbonyl (C=O) groups is 7. The first-order chi connectivity index (χ1) is 59.8. The predicted molar refractivity (Wildman–Crippen MR) is 460 cm³/mol. The highest BCUT2D eigenvalue weighted by Crippen LogP contribution is 2.61. The Morgan fingerprint density at radius 1 is 0.549 bits per heavy atom. The normalized spacial score (nSPS) is 12.0. The number of nitrogens with one attached hydrogen (secondary N) is 7. The zero-order valence-corrected chi connectivity index (χ0v) is 72.8. The van der Waals surface area contributed by atoms with Gasteiger partial charge in [0, 0.05) is 94.7 Å². The van der Waals surface area contributed by atoms with Crippen LogP contribution in [0.1, 0.15) is 73.5 Å². The fourth-order valence-corrected chi connectivity index (χ4v) is 10.2. The van der Waals surface area contributed by atoms with Gasteiger partial charge in [0.05, 0.1) is 76.5 Å². The molecular formula is C67H75Cl10N30O14P. The fraction of sp³-hybridized carbons (Fsp3) is 0.239. The van der Waals surface area contributed by atoms with Crippen LogP contribution in [0.4, 0.5) is 43.8 Å². The lowest BCUT2D eigenvalue weighted by Gasteiger charge is -2.30. The van der Waals surface area contributed by atoms with Crippen molar-refractivity contribution < 1.29 is 70.8 Å². The average Bonchev–Trinajstić information content (AvgIpc) is 1.21. The highest BCUT2D eigenvalue weighted by molar-refractivity contribution is 8.24. The van der Waals surface area contributed by atoms with Crippen LogP contribution in [0.2, 0.25) is 25.5 Å². The summed E-state index contributed by atoms with van der Waals surface area (Å²) >= 11 is 46.9. The van der Waals surface area contributed by atoms with Crippen LogP contribution in [0.3, 0.4) is 0 Å². The number of rotatable bonds is 16. The number of nitrogens with two attached hydrogens (primary N) is 3. The standard InChI is InChI=1S/C20H23N9O3.C16H16ClN7O2.C10H12N4O.C6H5Cl2N3O.C5HCl3N2O.C5H4N2O4.C4H8N2O.CH5N.Cl3OP.ClH/c1-21-19(30)16-14(10-15(25-26-16)24-20(31)29-8-5-9-29)23-13-7-4-6-12(17(13)32-3)18-22-11-28(2)27-18;1-18-16(25)13-11(7-12(17)21-22-13)20-10-6-4-5-9(14(10)26-3)15-19-8-24(2)23-15;1-14-6-12-10(13-14)7-4-3-5-8(11)9(7)15-2;1-9-6(12)5-3(7)2-4(8)10-11-5;6-2-1-3(7)9-10-4(2)5(8)11;8-2-1-3(9)6-7-4(2)5(10)11;5-4(7)6-2-1-3-6;1-2;1-5(2,3)4;/h4,6-7,10-11H,5,8-9H2,1-3H3,(H,21,30)(H2,23,24,25,31);4-8H,1-3H3,(H,18,25)(H,20,21);3-6H,11H2,1-2H3;2H,1H3,(H,9,12);1H;1H,(H,10,11)(H2,6,8,9);1-3H2,(H2,5,7);2H2,1H3;;1H/i;2D3;1D3;;;;;;;. The molecule has 2 aliphatic rings. The largest absolute Gasteiger partial charge is 0.505 e. The van der Waals surface area contributed by atoms with E-state index in [1.165, 1.54) is 67.7 Å². The van der Waals surface area contributed by atoms with Crippen molar-refractivity contribution in [3.05, 3.63) is 168 Å². The minimum absolute atomic E-state index is 0. The molecule has 10 heterocycles. The summed E-state index contributed by atoms with van der Waals surface area (Å²) in [4.78, 5) is 104. The second-order valence-electron chi connectivity index (χ2n) is 22.5. The van der Waals surface area contributed by atoms with E-state index in [1.54, 1.807) is 76.4 Å². The number of benzene rings is 3. The number of methoxy groups -OCH3 is 3. The number of urea groups is 2. The highest BCUT2D eigenvalue weighted by Gasteiger charge is 2.25. The summed E-state index contributed by atoms with van der Waals surface area (Å²) in [6.45, 7) is -1.68. The maximum Gasteiger partial charge on any atom is 0.360 e. The zero-order valence-electron chi connectivity index (χ0n) is 70.3. The lowest BCUT2D eigenvalue weighted by Crippen LogP contribution is -2.45. The van der Waals surface area contributed by atoms with E-state index in [2.05, 4.69) is 147 Å². The van der Waals surface area contributed by atoms with Crippen molar-refractivity contribution >= 4 is 196 Å². The first-order valence-electron chi connectivity index (χ1n) is 36.4. The number of carboxylic acids is 1. The van der Waals surface area contributed by atoms with Gasteiger partial charge in [0.1, 0.15) is 19.0 Å². The van der Waals surface area contributed by atoms with Gasteiger partial charge in [-0.3, -0.25) is 47.9 Å².